The summed E-state index contributed by atoms with van der Waals surface area (Å²) in [7, 11) is 0. The number of carbonyl (C=O) groups excluding carboxylic acids is 1. The van der Waals surface area contributed by atoms with E-state index in [-0.39, 0.29) is 0 Å². The molecule has 2 aromatic carbocycles. The number of fused-ring (bicyclic) bond motifs is 1. The molecule has 26 heavy (non-hydrogen) atoms. The van der Waals surface area contributed by atoms with Gasteiger partial charge in [0.15, 0.2) is 0 Å². The fourth-order valence-electron chi connectivity index (χ4n) is 2.48. The van der Waals surface area contributed by atoms with Crippen LogP contribution in [0.1, 0.15) is 17.2 Å². The van der Waals surface area contributed by atoms with Crippen molar-refractivity contribution in [1.29, 1.82) is 0 Å². The normalized spacial score (nSPS) is 15.1. The summed E-state index contributed by atoms with van der Waals surface area (Å²) in [6, 6.07) is 12.1. The number of carbonyl (C=O) groups is 1. The minimum atomic E-state index is -0.820. The van der Waals surface area contributed by atoms with Crippen molar-refractivity contribution in [3.05, 3.63) is 85.0 Å². The number of benzene rings is 2. The van der Waals surface area contributed by atoms with E-state index in [4.69, 9.17) is 14.2 Å². The second-order valence-corrected chi connectivity index (χ2v) is 5.53. The summed E-state index contributed by atoms with van der Waals surface area (Å²) in [5.41, 5.74) is 1.38. The highest BCUT2D eigenvalue weighted by molar-refractivity contribution is 5.83. The van der Waals surface area contributed by atoms with Gasteiger partial charge in [-0.25, -0.2) is 4.79 Å². The van der Waals surface area contributed by atoms with Gasteiger partial charge in [0.2, 0.25) is 0 Å². The Balaban J connectivity index is 1.79. The molecule has 0 amide bonds. The van der Waals surface area contributed by atoms with E-state index in [0.29, 0.717) is 35.2 Å². The zero-order valence-electron chi connectivity index (χ0n) is 14.1. The number of aliphatic hydroxyl groups is 1. The molecule has 1 atom stereocenters. The monoisotopic (exact) mass is 350 g/mol. The maximum absolute atomic E-state index is 11.2. The molecule has 0 aromatic heterocycles. The highest BCUT2D eigenvalue weighted by atomic mass is 16.5. The molecule has 0 saturated heterocycles. The smallest absolute Gasteiger partial charge is 0.335 e. The van der Waals surface area contributed by atoms with E-state index in [2.05, 4.69) is 13.2 Å². The fraction of sp³-hybridized carbons (Fsp3) is 0.0952. The highest BCUT2D eigenvalue weighted by Gasteiger charge is 2.21. The van der Waals surface area contributed by atoms with Crippen LogP contribution in [0.15, 0.2) is 73.9 Å². The predicted molar refractivity (Wildman–Crippen MR) is 98.0 cm³/mol. The Hall–Kier alpha value is -3.31. The number of aliphatic hydroxyl groups excluding tert-OH is 1. The number of hydrogen-bond acceptors (Lipinski definition) is 5. The van der Waals surface area contributed by atoms with Crippen LogP contribution in [0.3, 0.4) is 0 Å². The van der Waals surface area contributed by atoms with E-state index in [1.54, 1.807) is 54.6 Å². The Morgan fingerprint density at radius 1 is 1.15 bits per heavy atom. The molecule has 1 aliphatic heterocycles. The van der Waals surface area contributed by atoms with Crippen molar-refractivity contribution in [3.63, 3.8) is 0 Å². The standard InChI is InChI=1S/C21H18O5/c1-3-11-24-16-9-10-19-17(12-16)18(22)13-20(26-19)14-5-7-15(8-6-14)25-21(23)4-2/h3-10,12-13,18,22H,1-2,11H2. The third kappa shape index (κ3) is 3.84. The van der Waals surface area contributed by atoms with Crippen LogP contribution in [0.2, 0.25) is 0 Å². The van der Waals surface area contributed by atoms with E-state index in [1.807, 2.05) is 0 Å². The predicted octanol–water partition coefficient (Wildman–Crippen LogP) is 3.81. The van der Waals surface area contributed by atoms with Crippen molar-refractivity contribution >= 4 is 11.7 Å². The van der Waals surface area contributed by atoms with Gasteiger partial charge in [0.05, 0.1) is 0 Å². The quantitative estimate of drug-likeness (QED) is 0.371. The summed E-state index contributed by atoms with van der Waals surface area (Å²) in [6.45, 7) is 7.35. The molecule has 0 aliphatic carbocycles. The summed E-state index contributed by atoms with van der Waals surface area (Å²) < 4.78 is 16.4. The van der Waals surface area contributed by atoms with Crippen LogP contribution in [-0.4, -0.2) is 17.7 Å². The van der Waals surface area contributed by atoms with Gasteiger partial charge in [-0.05, 0) is 48.5 Å². The van der Waals surface area contributed by atoms with E-state index in [1.165, 1.54) is 0 Å². The zero-order valence-corrected chi connectivity index (χ0v) is 14.1. The summed E-state index contributed by atoms with van der Waals surface area (Å²) in [6.07, 6.45) is 3.55. The van der Waals surface area contributed by atoms with E-state index in [0.717, 1.165) is 11.6 Å². The summed E-state index contributed by atoms with van der Waals surface area (Å²) in [5.74, 6) is 1.59. The minimum absolute atomic E-state index is 0.388. The zero-order chi connectivity index (χ0) is 18.5. The van der Waals surface area contributed by atoms with Crippen LogP contribution in [0.25, 0.3) is 5.76 Å². The molecule has 1 unspecified atom stereocenters. The van der Waals surface area contributed by atoms with Crippen LogP contribution in [0.5, 0.6) is 17.2 Å². The number of esters is 1. The van der Waals surface area contributed by atoms with Gasteiger partial charge in [-0.2, -0.15) is 0 Å². The van der Waals surface area contributed by atoms with Gasteiger partial charge in [-0.15, -0.1) is 0 Å². The van der Waals surface area contributed by atoms with Crippen LogP contribution in [0.4, 0.5) is 0 Å². The number of rotatable bonds is 6. The maximum Gasteiger partial charge on any atom is 0.335 e. The summed E-state index contributed by atoms with van der Waals surface area (Å²) in [4.78, 5) is 11.2. The Labute approximate surface area is 151 Å². The first kappa shape index (κ1) is 17.5. The highest BCUT2D eigenvalue weighted by Crippen LogP contribution is 2.38. The minimum Gasteiger partial charge on any atom is -0.490 e. The van der Waals surface area contributed by atoms with Gasteiger partial charge < -0.3 is 19.3 Å². The van der Waals surface area contributed by atoms with Crippen molar-refractivity contribution in [1.82, 2.24) is 0 Å². The van der Waals surface area contributed by atoms with Gasteiger partial charge in [-0.3, -0.25) is 0 Å². The average molecular weight is 350 g/mol. The molecule has 5 heteroatoms. The van der Waals surface area contributed by atoms with E-state index >= 15 is 0 Å². The van der Waals surface area contributed by atoms with Crippen molar-refractivity contribution in [2.75, 3.05) is 6.61 Å². The Kier molecular flexibility index (Phi) is 5.20. The van der Waals surface area contributed by atoms with Crippen molar-refractivity contribution in [2.45, 2.75) is 6.10 Å². The lowest BCUT2D eigenvalue weighted by atomic mass is 10.0. The molecule has 3 rings (SSSR count). The Bertz CT molecular complexity index is 864. The molecule has 132 valence electrons. The van der Waals surface area contributed by atoms with Gasteiger partial charge in [0, 0.05) is 17.2 Å². The first-order valence-corrected chi connectivity index (χ1v) is 8.01. The second-order valence-electron chi connectivity index (χ2n) is 5.53. The molecule has 1 N–H and O–H groups in total. The van der Waals surface area contributed by atoms with Gasteiger partial charge in [-0.1, -0.05) is 19.2 Å². The van der Waals surface area contributed by atoms with Gasteiger partial charge in [0.25, 0.3) is 0 Å². The lowest BCUT2D eigenvalue weighted by Crippen LogP contribution is -2.09. The van der Waals surface area contributed by atoms with Crippen LogP contribution in [0, 0.1) is 0 Å². The third-order valence-electron chi connectivity index (χ3n) is 3.72. The SMILES string of the molecule is C=CCOc1ccc2c(c1)C(O)C=C(c1ccc(OC(=O)C=C)cc1)O2. The van der Waals surface area contributed by atoms with E-state index < -0.39 is 12.1 Å². The molecule has 0 saturated carbocycles. The van der Waals surface area contributed by atoms with Crippen molar-refractivity contribution in [2.24, 2.45) is 0 Å². The molecule has 2 aromatic rings. The molecular formula is C21H18O5. The summed E-state index contributed by atoms with van der Waals surface area (Å²) in [5, 5.41) is 10.4. The van der Waals surface area contributed by atoms with Gasteiger partial charge >= 0.3 is 5.97 Å². The van der Waals surface area contributed by atoms with E-state index in [9.17, 15) is 9.90 Å². The Morgan fingerprint density at radius 2 is 1.88 bits per heavy atom. The average Bonchev–Trinajstić information content (AvgIpc) is 2.67. The first-order chi connectivity index (χ1) is 12.6. The van der Waals surface area contributed by atoms with Gasteiger partial charge in [0.1, 0.15) is 35.7 Å². The maximum atomic E-state index is 11.2. The molecule has 0 spiro atoms. The molecule has 5 nitrogen and oxygen atoms in total. The fourth-order valence-corrected chi connectivity index (χ4v) is 2.48. The first-order valence-electron chi connectivity index (χ1n) is 8.01. The number of ether oxygens (including phenoxy) is 3. The number of hydrogen-bond donors (Lipinski definition) is 1. The lowest BCUT2D eigenvalue weighted by Gasteiger charge is -2.22. The lowest BCUT2D eigenvalue weighted by molar-refractivity contribution is -0.128. The summed E-state index contributed by atoms with van der Waals surface area (Å²) >= 11 is 0. The van der Waals surface area contributed by atoms with Crippen LogP contribution >= 0.6 is 0 Å². The largest absolute Gasteiger partial charge is 0.490 e. The molecule has 1 aliphatic rings. The van der Waals surface area contributed by atoms with Crippen LogP contribution < -0.4 is 14.2 Å². The Morgan fingerprint density at radius 3 is 2.58 bits per heavy atom. The van der Waals surface area contributed by atoms with Crippen LogP contribution in [-0.2, 0) is 4.79 Å². The van der Waals surface area contributed by atoms with Crippen molar-refractivity contribution < 1.29 is 24.1 Å². The molecule has 0 bridgehead atoms. The molecule has 1 heterocycles. The molecule has 0 fully saturated rings. The molecular weight excluding hydrogens is 332 g/mol. The third-order valence-corrected chi connectivity index (χ3v) is 3.72. The van der Waals surface area contributed by atoms with Crippen molar-refractivity contribution in [3.8, 4) is 17.2 Å². The topological polar surface area (TPSA) is 65.0 Å². The molecule has 0 radical (unpaired) electrons. The second kappa shape index (κ2) is 7.72.